The maximum absolute atomic E-state index is 12.4. The molecule has 2 rings (SSSR count). The molecule has 0 aromatic carbocycles. The van der Waals surface area contributed by atoms with Crippen LogP contribution in [0.4, 0.5) is 0 Å². The number of carbonyl (C=O) groups excluding carboxylic acids is 1. The molecule has 1 N–H and O–H groups in total. The summed E-state index contributed by atoms with van der Waals surface area (Å²) in [6, 6.07) is -0.0183. The van der Waals surface area contributed by atoms with E-state index >= 15 is 0 Å². The highest BCUT2D eigenvalue weighted by Gasteiger charge is 2.29. The van der Waals surface area contributed by atoms with Crippen molar-refractivity contribution in [3.63, 3.8) is 0 Å². The lowest BCUT2D eigenvalue weighted by molar-refractivity contribution is -0.136. The molecule has 0 bridgehead atoms. The Morgan fingerprint density at radius 1 is 1.25 bits per heavy atom. The number of hydrogen-bond donors (Lipinski definition) is 1. The van der Waals surface area contributed by atoms with Crippen LogP contribution in [0.2, 0.25) is 0 Å². The summed E-state index contributed by atoms with van der Waals surface area (Å²) < 4.78 is 25.8. The van der Waals surface area contributed by atoms with Crippen LogP contribution in [0.25, 0.3) is 0 Å². The molecule has 0 saturated carbocycles. The van der Waals surface area contributed by atoms with E-state index in [-0.39, 0.29) is 23.6 Å². The molecule has 1 saturated heterocycles. The first kappa shape index (κ1) is 15.5. The molecule has 0 aromatic rings. The number of amides is 1. The van der Waals surface area contributed by atoms with E-state index in [2.05, 4.69) is 16.9 Å². The molecule has 1 heterocycles. The maximum Gasteiger partial charge on any atom is 0.226 e. The van der Waals surface area contributed by atoms with Crippen molar-refractivity contribution < 1.29 is 13.2 Å². The fourth-order valence-electron chi connectivity index (χ4n) is 2.83. The summed E-state index contributed by atoms with van der Waals surface area (Å²) >= 11 is 0. The molecule has 0 aromatic heterocycles. The number of sulfonamides is 1. The zero-order chi connectivity index (χ0) is 14.6. The number of rotatable bonds is 4. The largest absolute Gasteiger partial charge is 0.342 e. The monoisotopic (exact) mass is 300 g/mol. The molecule has 1 aliphatic carbocycles. The molecule has 1 amide bonds. The van der Waals surface area contributed by atoms with Crippen LogP contribution in [-0.4, -0.2) is 44.1 Å². The van der Waals surface area contributed by atoms with Crippen LogP contribution in [0.1, 0.15) is 39.0 Å². The first-order valence-corrected chi connectivity index (χ1v) is 9.11. The van der Waals surface area contributed by atoms with E-state index in [4.69, 9.17) is 0 Å². The third-order valence-electron chi connectivity index (χ3n) is 4.15. The van der Waals surface area contributed by atoms with Gasteiger partial charge in [-0.3, -0.25) is 4.79 Å². The molecule has 20 heavy (non-hydrogen) atoms. The van der Waals surface area contributed by atoms with E-state index in [1.54, 1.807) is 6.92 Å². The first-order chi connectivity index (χ1) is 9.52. The lowest BCUT2D eigenvalue weighted by atomic mass is 9.92. The van der Waals surface area contributed by atoms with Crippen LogP contribution in [0.5, 0.6) is 0 Å². The third kappa shape index (κ3) is 4.06. The lowest BCUT2D eigenvalue weighted by Crippen LogP contribution is -2.48. The van der Waals surface area contributed by atoms with Gasteiger partial charge in [0.25, 0.3) is 0 Å². The van der Waals surface area contributed by atoms with Crippen molar-refractivity contribution in [2.45, 2.75) is 45.1 Å². The van der Waals surface area contributed by atoms with Crippen molar-refractivity contribution in [2.24, 2.45) is 5.92 Å². The normalized spacial score (nSPS) is 24.9. The Balaban J connectivity index is 1.82. The third-order valence-corrected chi connectivity index (χ3v) is 5.60. The summed E-state index contributed by atoms with van der Waals surface area (Å²) in [5.74, 6) is 0.482. The van der Waals surface area contributed by atoms with Crippen LogP contribution in [-0.2, 0) is 14.8 Å². The van der Waals surface area contributed by atoms with E-state index in [1.807, 2.05) is 4.90 Å². The molecule has 1 fully saturated rings. The van der Waals surface area contributed by atoms with Gasteiger partial charge in [-0.05, 0) is 39.0 Å². The smallest absolute Gasteiger partial charge is 0.226 e. The number of likely N-dealkylation sites (tertiary alicyclic amines) is 1. The molecule has 2 aliphatic rings. The standard InChI is InChI=1S/C14H24N2O3S/c1-2-20(18,19)15-13-8-10-16(11-9-13)14(17)12-6-4-3-5-7-12/h3-4,12-13,15H,2,5-11H2,1H3/t12-/m1/s1. The summed E-state index contributed by atoms with van der Waals surface area (Å²) in [6.45, 7) is 2.96. The number of nitrogens with zero attached hydrogens (tertiary/aromatic N) is 1. The molecule has 6 heteroatoms. The molecule has 5 nitrogen and oxygen atoms in total. The second-order valence-electron chi connectivity index (χ2n) is 5.60. The first-order valence-electron chi connectivity index (χ1n) is 7.45. The minimum Gasteiger partial charge on any atom is -0.342 e. The number of piperidine rings is 1. The zero-order valence-electron chi connectivity index (χ0n) is 12.0. The molecular weight excluding hydrogens is 276 g/mol. The van der Waals surface area contributed by atoms with Gasteiger partial charge in [-0.25, -0.2) is 13.1 Å². The maximum atomic E-state index is 12.4. The molecule has 0 spiro atoms. The zero-order valence-corrected chi connectivity index (χ0v) is 12.9. The minimum absolute atomic E-state index is 0.0183. The fourth-order valence-corrected chi connectivity index (χ4v) is 3.74. The molecule has 0 radical (unpaired) electrons. The number of allylic oxidation sites excluding steroid dienone is 2. The van der Waals surface area contributed by atoms with Crippen molar-refractivity contribution in [2.75, 3.05) is 18.8 Å². The summed E-state index contributed by atoms with van der Waals surface area (Å²) in [6.07, 6.45) is 8.44. The van der Waals surface area contributed by atoms with Crippen molar-refractivity contribution in [1.29, 1.82) is 0 Å². The molecule has 1 aliphatic heterocycles. The number of hydrogen-bond acceptors (Lipinski definition) is 3. The highest BCUT2D eigenvalue weighted by atomic mass is 32.2. The Kier molecular flexibility index (Phi) is 5.21. The Morgan fingerprint density at radius 3 is 2.50 bits per heavy atom. The minimum atomic E-state index is -3.14. The summed E-state index contributed by atoms with van der Waals surface area (Å²) in [5.41, 5.74) is 0. The van der Waals surface area contributed by atoms with E-state index < -0.39 is 10.0 Å². The second kappa shape index (κ2) is 6.72. The van der Waals surface area contributed by atoms with Gasteiger partial charge in [-0.15, -0.1) is 0 Å². The summed E-state index contributed by atoms with van der Waals surface area (Å²) in [5, 5.41) is 0. The predicted molar refractivity (Wildman–Crippen MR) is 78.7 cm³/mol. The molecular formula is C14H24N2O3S. The van der Waals surface area contributed by atoms with Gasteiger partial charge in [0.1, 0.15) is 0 Å². The van der Waals surface area contributed by atoms with E-state index in [0.29, 0.717) is 25.9 Å². The van der Waals surface area contributed by atoms with Crippen LogP contribution >= 0.6 is 0 Å². The molecule has 0 unspecified atom stereocenters. The second-order valence-corrected chi connectivity index (χ2v) is 7.64. The SMILES string of the molecule is CCS(=O)(=O)NC1CCN(C(=O)[C@@H]2CC=CCC2)CC1. The Bertz CT molecular complexity index is 465. The molecule has 114 valence electrons. The van der Waals surface area contributed by atoms with Crippen molar-refractivity contribution >= 4 is 15.9 Å². The van der Waals surface area contributed by atoms with Crippen molar-refractivity contribution in [1.82, 2.24) is 9.62 Å². The van der Waals surface area contributed by atoms with Crippen molar-refractivity contribution in [3.05, 3.63) is 12.2 Å². The van der Waals surface area contributed by atoms with Gasteiger partial charge in [0, 0.05) is 25.0 Å². The average molecular weight is 300 g/mol. The average Bonchev–Trinajstić information content (AvgIpc) is 2.48. The van der Waals surface area contributed by atoms with E-state index in [1.165, 1.54) is 0 Å². The summed E-state index contributed by atoms with van der Waals surface area (Å²) in [7, 11) is -3.14. The Hall–Kier alpha value is -0.880. The van der Waals surface area contributed by atoms with Gasteiger partial charge in [0.2, 0.25) is 15.9 Å². The fraction of sp³-hybridized carbons (Fsp3) is 0.786. The molecule has 1 atom stereocenters. The van der Waals surface area contributed by atoms with Gasteiger partial charge >= 0.3 is 0 Å². The highest BCUT2D eigenvalue weighted by Crippen LogP contribution is 2.22. The highest BCUT2D eigenvalue weighted by molar-refractivity contribution is 7.89. The number of carbonyl (C=O) groups is 1. The number of nitrogens with one attached hydrogen (secondary N) is 1. The van der Waals surface area contributed by atoms with Gasteiger partial charge in [-0.1, -0.05) is 12.2 Å². The van der Waals surface area contributed by atoms with Gasteiger partial charge in [0.15, 0.2) is 0 Å². The van der Waals surface area contributed by atoms with Crippen LogP contribution in [0.15, 0.2) is 12.2 Å². The van der Waals surface area contributed by atoms with Gasteiger partial charge < -0.3 is 4.90 Å². The summed E-state index contributed by atoms with van der Waals surface area (Å²) in [4.78, 5) is 14.3. The predicted octanol–water partition coefficient (Wildman–Crippen LogP) is 1.27. The quantitative estimate of drug-likeness (QED) is 0.795. The van der Waals surface area contributed by atoms with E-state index in [0.717, 1.165) is 19.3 Å². The van der Waals surface area contributed by atoms with Crippen LogP contribution < -0.4 is 4.72 Å². The Labute approximate surface area is 121 Å². The van der Waals surface area contributed by atoms with Crippen molar-refractivity contribution in [3.8, 4) is 0 Å². The van der Waals surface area contributed by atoms with Gasteiger partial charge in [0.05, 0.1) is 5.75 Å². The van der Waals surface area contributed by atoms with E-state index in [9.17, 15) is 13.2 Å². The lowest BCUT2D eigenvalue weighted by Gasteiger charge is -2.34. The van der Waals surface area contributed by atoms with Crippen LogP contribution in [0.3, 0.4) is 0 Å². The van der Waals surface area contributed by atoms with Gasteiger partial charge in [-0.2, -0.15) is 0 Å². The van der Waals surface area contributed by atoms with Crippen LogP contribution in [0, 0.1) is 5.92 Å². The topological polar surface area (TPSA) is 66.5 Å². The Morgan fingerprint density at radius 2 is 1.95 bits per heavy atom.